The summed E-state index contributed by atoms with van der Waals surface area (Å²) in [7, 11) is 1.63. The highest BCUT2D eigenvalue weighted by Gasteiger charge is 2.30. The van der Waals surface area contributed by atoms with Gasteiger partial charge >= 0.3 is 12.1 Å². The van der Waals surface area contributed by atoms with Gasteiger partial charge in [0.05, 0.1) is 17.9 Å². The average Bonchev–Trinajstić information content (AvgIpc) is 2.73. The third kappa shape index (κ3) is 2.98. The molecule has 1 heterocycles. The first-order valence-corrected chi connectivity index (χ1v) is 6.64. The maximum Gasteiger partial charge on any atom is 0.416 e. The molecule has 0 bridgehead atoms. The van der Waals surface area contributed by atoms with Crippen LogP contribution < -0.4 is 0 Å². The summed E-state index contributed by atoms with van der Waals surface area (Å²) in [4.78, 5) is 11.8. The molecule has 118 valence electrons. The molecule has 1 aromatic carbocycles. The predicted molar refractivity (Wildman–Crippen MR) is 74.3 cm³/mol. The normalized spacial score (nSPS) is 11.5. The van der Waals surface area contributed by atoms with E-state index >= 15 is 0 Å². The number of hydrogen-bond acceptors (Lipinski definition) is 3. The molecule has 22 heavy (non-hydrogen) atoms. The van der Waals surface area contributed by atoms with Gasteiger partial charge in [0.1, 0.15) is 0 Å². The average molecular weight is 312 g/mol. The number of halogens is 3. The van der Waals surface area contributed by atoms with Gasteiger partial charge in [0.2, 0.25) is 0 Å². The van der Waals surface area contributed by atoms with E-state index in [1.54, 1.807) is 20.9 Å². The Bertz CT molecular complexity index is 688. The van der Waals surface area contributed by atoms with E-state index in [-0.39, 0.29) is 12.3 Å². The van der Waals surface area contributed by atoms with Crippen molar-refractivity contribution in [3.8, 4) is 11.3 Å². The molecule has 7 heteroatoms. The predicted octanol–water partition coefficient (Wildman–Crippen LogP) is 3.59. The highest BCUT2D eigenvalue weighted by Crippen LogP contribution is 2.32. The summed E-state index contributed by atoms with van der Waals surface area (Å²) < 4.78 is 44.2. The minimum absolute atomic E-state index is 0.166. The summed E-state index contributed by atoms with van der Waals surface area (Å²) >= 11 is 0. The second-order valence-corrected chi connectivity index (χ2v) is 4.74. The summed E-state index contributed by atoms with van der Waals surface area (Å²) in [5.74, 6) is -0.547. The monoisotopic (exact) mass is 312 g/mol. The van der Waals surface area contributed by atoms with E-state index in [0.29, 0.717) is 16.8 Å². The van der Waals surface area contributed by atoms with Crippen molar-refractivity contribution in [2.24, 2.45) is 7.05 Å². The molecule has 0 spiro atoms. The van der Waals surface area contributed by atoms with Gasteiger partial charge in [0.15, 0.2) is 5.69 Å². The van der Waals surface area contributed by atoms with Gasteiger partial charge in [0.25, 0.3) is 0 Å². The lowest BCUT2D eigenvalue weighted by molar-refractivity contribution is -0.137. The van der Waals surface area contributed by atoms with Crippen molar-refractivity contribution in [3.63, 3.8) is 0 Å². The zero-order valence-corrected chi connectivity index (χ0v) is 12.4. The zero-order chi connectivity index (χ0) is 16.5. The Morgan fingerprint density at radius 2 is 1.86 bits per heavy atom. The van der Waals surface area contributed by atoms with Crippen molar-refractivity contribution < 1.29 is 22.7 Å². The van der Waals surface area contributed by atoms with E-state index in [1.165, 1.54) is 16.8 Å². The molecule has 0 unspecified atom stereocenters. The van der Waals surface area contributed by atoms with Gasteiger partial charge in [-0.2, -0.15) is 18.3 Å². The highest BCUT2D eigenvalue weighted by molar-refractivity contribution is 5.91. The summed E-state index contributed by atoms with van der Waals surface area (Å²) in [5, 5.41) is 4.10. The number of aryl methyl sites for hydroxylation is 1. The first-order valence-electron chi connectivity index (χ1n) is 6.64. The number of carbonyl (C=O) groups excluding carboxylic acids is 1. The molecule has 4 nitrogen and oxygen atoms in total. The van der Waals surface area contributed by atoms with Crippen LogP contribution in [0.5, 0.6) is 0 Å². The maximum atomic E-state index is 12.6. The fraction of sp³-hybridized carbons (Fsp3) is 0.333. The first kappa shape index (κ1) is 16.1. The van der Waals surface area contributed by atoms with Crippen LogP contribution in [0.25, 0.3) is 11.3 Å². The number of aromatic nitrogens is 2. The van der Waals surface area contributed by atoms with Gasteiger partial charge < -0.3 is 4.74 Å². The number of esters is 1. The number of nitrogens with zero attached hydrogens (tertiary/aromatic N) is 2. The fourth-order valence-electron chi connectivity index (χ4n) is 2.24. The topological polar surface area (TPSA) is 44.1 Å². The van der Waals surface area contributed by atoms with Gasteiger partial charge in [-0.15, -0.1) is 0 Å². The molecule has 2 rings (SSSR count). The number of rotatable bonds is 3. The van der Waals surface area contributed by atoms with Crippen LogP contribution in [0.1, 0.15) is 28.5 Å². The Morgan fingerprint density at radius 1 is 1.27 bits per heavy atom. The van der Waals surface area contributed by atoms with Crippen LogP contribution in [0.4, 0.5) is 13.2 Å². The standard InChI is InChI=1S/C15H15F3N2O2/c1-4-22-14(21)12-9(2)13(20(3)19-12)10-5-7-11(8-6-10)15(16,17)18/h5-8H,4H2,1-3H3. The molecular weight excluding hydrogens is 297 g/mol. The highest BCUT2D eigenvalue weighted by atomic mass is 19.4. The molecule has 0 radical (unpaired) electrons. The molecule has 0 amide bonds. The van der Waals surface area contributed by atoms with Gasteiger partial charge in [-0.25, -0.2) is 4.79 Å². The molecular formula is C15H15F3N2O2. The molecule has 1 aromatic heterocycles. The van der Waals surface area contributed by atoms with Crippen LogP contribution in [-0.4, -0.2) is 22.4 Å². The Balaban J connectivity index is 2.43. The van der Waals surface area contributed by atoms with Crippen molar-refractivity contribution in [2.45, 2.75) is 20.0 Å². The second-order valence-electron chi connectivity index (χ2n) is 4.74. The van der Waals surface area contributed by atoms with Gasteiger partial charge in [-0.3, -0.25) is 4.68 Å². The summed E-state index contributed by atoms with van der Waals surface area (Å²) in [6.07, 6.45) is -4.38. The van der Waals surface area contributed by atoms with Crippen molar-refractivity contribution >= 4 is 5.97 Å². The molecule has 0 aliphatic rings. The first-order chi connectivity index (χ1) is 10.3. The number of ether oxygens (including phenoxy) is 1. The number of alkyl halides is 3. The van der Waals surface area contributed by atoms with Crippen molar-refractivity contribution in [3.05, 3.63) is 41.1 Å². The molecule has 0 aliphatic heterocycles. The third-order valence-corrected chi connectivity index (χ3v) is 3.24. The molecule has 0 saturated carbocycles. The fourth-order valence-corrected chi connectivity index (χ4v) is 2.24. The largest absolute Gasteiger partial charge is 0.461 e. The Kier molecular flexibility index (Phi) is 4.25. The van der Waals surface area contributed by atoms with Crippen molar-refractivity contribution in [2.75, 3.05) is 6.61 Å². The molecule has 0 aliphatic carbocycles. The smallest absolute Gasteiger partial charge is 0.416 e. The van der Waals surface area contributed by atoms with E-state index < -0.39 is 17.7 Å². The minimum Gasteiger partial charge on any atom is -0.461 e. The summed E-state index contributed by atoms with van der Waals surface area (Å²) in [6.45, 7) is 3.60. The van der Waals surface area contributed by atoms with Crippen LogP contribution in [0, 0.1) is 6.92 Å². The van der Waals surface area contributed by atoms with Crippen LogP contribution in [0.3, 0.4) is 0 Å². The van der Waals surface area contributed by atoms with E-state index in [0.717, 1.165) is 12.1 Å². The third-order valence-electron chi connectivity index (χ3n) is 3.24. The Labute approximate surface area is 125 Å². The lowest BCUT2D eigenvalue weighted by atomic mass is 10.0. The van der Waals surface area contributed by atoms with Gasteiger partial charge in [-0.05, 0) is 26.0 Å². The minimum atomic E-state index is -4.38. The Hall–Kier alpha value is -2.31. The quantitative estimate of drug-likeness (QED) is 0.814. The molecule has 0 N–H and O–H groups in total. The molecule has 2 aromatic rings. The lowest BCUT2D eigenvalue weighted by Crippen LogP contribution is -2.07. The van der Waals surface area contributed by atoms with Crippen LogP contribution >= 0.6 is 0 Å². The lowest BCUT2D eigenvalue weighted by Gasteiger charge is -2.08. The number of carbonyl (C=O) groups is 1. The molecule has 0 fully saturated rings. The van der Waals surface area contributed by atoms with E-state index in [9.17, 15) is 18.0 Å². The molecule has 0 saturated heterocycles. The van der Waals surface area contributed by atoms with E-state index in [1.807, 2.05) is 0 Å². The van der Waals surface area contributed by atoms with Gasteiger partial charge in [0, 0.05) is 18.2 Å². The van der Waals surface area contributed by atoms with Gasteiger partial charge in [-0.1, -0.05) is 12.1 Å². The second kappa shape index (κ2) is 5.82. The Morgan fingerprint density at radius 3 is 2.36 bits per heavy atom. The van der Waals surface area contributed by atoms with Crippen molar-refractivity contribution in [1.29, 1.82) is 0 Å². The SMILES string of the molecule is CCOC(=O)c1nn(C)c(-c2ccc(C(F)(F)F)cc2)c1C. The van der Waals surface area contributed by atoms with Crippen LogP contribution in [0.2, 0.25) is 0 Å². The van der Waals surface area contributed by atoms with E-state index in [4.69, 9.17) is 4.74 Å². The zero-order valence-electron chi connectivity index (χ0n) is 12.4. The molecule has 0 atom stereocenters. The maximum absolute atomic E-state index is 12.6. The summed E-state index contributed by atoms with van der Waals surface area (Å²) in [5.41, 5.74) is 1.15. The number of benzene rings is 1. The number of hydrogen-bond donors (Lipinski definition) is 0. The van der Waals surface area contributed by atoms with E-state index in [2.05, 4.69) is 5.10 Å². The van der Waals surface area contributed by atoms with Crippen LogP contribution in [0.15, 0.2) is 24.3 Å². The summed E-state index contributed by atoms with van der Waals surface area (Å²) in [6, 6.07) is 4.74. The van der Waals surface area contributed by atoms with Crippen LogP contribution in [-0.2, 0) is 18.0 Å². The van der Waals surface area contributed by atoms with Crippen molar-refractivity contribution in [1.82, 2.24) is 9.78 Å².